The summed E-state index contributed by atoms with van der Waals surface area (Å²) in [5.74, 6) is 2.38. The molecule has 0 radical (unpaired) electrons. The van der Waals surface area contributed by atoms with E-state index in [1.54, 1.807) is 0 Å². The summed E-state index contributed by atoms with van der Waals surface area (Å²) in [6, 6.07) is 0. The second kappa shape index (κ2) is 6.31. The van der Waals surface area contributed by atoms with Crippen molar-refractivity contribution in [1.29, 1.82) is 0 Å². The average molecular weight is 255 g/mol. The third-order valence-electron chi connectivity index (χ3n) is 2.75. The maximum Gasteiger partial charge on any atom is 0.202 e. The van der Waals surface area contributed by atoms with E-state index in [0.29, 0.717) is 11.8 Å². The largest absolute Gasteiger partial charge is 0.380 e. The Labute approximate surface area is 107 Å². The Morgan fingerprint density at radius 1 is 1.41 bits per heavy atom. The van der Waals surface area contributed by atoms with E-state index in [-0.39, 0.29) is 0 Å². The molecule has 1 fully saturated rings. The fourth-order valence-electron chi connectivity index (χ4n) is 1.47. The van der Waals surface area contributed by atoms with Crippen molar-refractivity contribution in [2.45, 2.75) is 39.0 Å². The zero-order valence-corrected chi connectivity index (χ0v) is 11.4. The third-order valence-corrected chi connectivity index (χ3v) is 3.43. The van der Waals surface area contributed by atoms with Gasteiger partial charge in [-0.15, -0.1) is 0 Å². The minimum absolute atomic E-state index is 0.643. The zero-order chi connectivity index (χ0) is 12.1. The van der Waals surface area contributed by atoms with Crippen LogP contribution in [-0.4, -0.2) is 29.1 Å². The van der Waals surface area contributed by atoms with Gasteiger partial charge in [-0.05, 0) is 25.2 Å². The number of rotatable bonds is 8. The molecule has 1 aliphatic rings. The van der Waals surface area contributed by atoms with Crippen molar-refractivity contribution in [2.24, 2.45) is 5.92 Å². The normalized spacial score (nSPS) is 15.5. The number of aromatic nitrogens is 2. The van der Waals surface area contributed by atoms with Crippen molar-refractivity contribution in [2.75, 3.05) is 25.1 Å². The summed E-state index contributed by atoms with van der Waals surface area (Å²) in [4.78, 5) is 4.46. The van der Waals surface area contributed by atoms with Crippen LogP contribution in [0.3, 0.4) is 0 Å². The molecule has 1 aromatic heterocycles. The highest BCUT2D eigenvalue weighted by atomic mass is 32.1. The third kappa shape index (κ3) is 4.60. The van der Waals surface area contributed by atoms with Gasteiger partial charge in [-0.3, -0.25) is 0 Å². The fraction of sp³-hybridized carbons (Fsp3) is 0.833. The number of nitrogens with zero attached hydrogens (tertiary/aromatic N) is 2. The van der Waals surface area contributed by atoms with Gasteiger partial charge < -0.3 is 10.1 Å². The first-order valence-corrected chi connectivity index (χ1v) is 7.18. The molecular formula is C12H21N3OS. The van der Waals surface area contributed by atoms with Crippen LogP contribution in [0.15, 0.2) is 0 Å². The summed E-state index contributed by atoms with van der Waals surface area (Å²) < 4.78 is 9.87. The molecule has 0 unspecified atom stereocenters. The van der Waals surface area contributed by atoms with Crippen molar-refractivity contribution in [3.8, 4) is 0 Å². The van der Waals surface area contributed by atoms with Gasteiger partial charge in [-0.25, -0.2) is 4.98 Å². The van der Waals surface area contributed by atoms with E-state index < -0.39 is 0 Å². The van der Waals surface area contributed by atoms with Gasteiger partial charge in [0.25, 0.3) is 0 Å². The van der Waals surface area contributed by atoms with E-state index in [1.807, 2.05) is 0 Å². The van der Waals surface area contributed by atoms with Crippen LogP contribution in [-0.2, 0) is 4.74 Å². The maximum atomic E-state index is 5.53. The van der Waals surface area contributed by atoms with Gasteiger partial charge >= 0.3 is 0 Å². The molecule has 17 heavy (non-hydrogen) atoms. The Morgan fingerprint density at radius 2 is 2.24 bits per heavy atom. The van der Waals surface area contributed by atoms with Gasteiger partial charge in [0.1, 0.15) is 5.82 Å². The molecule has 1 N–H and O–H groups in total. The summed E-state index contributed by atoms with van der Waals surface area (Å²) in [6.07, 6.45) is 3.65. The highest BCUT2D eigenvalue weighted by Crippen LogP contribution is 2.39. The lowest BCUT2D eigenvalue weighted by atomic mass is 10.1. The highest BCUT2D eigenvalue weighted by Gasteiger charge is 2.27. The monoisotopic (exact) mass is 255 g/mol. The lowest BCUT2D eigenvalue weighted by molar-refractivity contribution is 0.132. The average Bonchev–Trinajstić information content (AvgIpc) is 3.04. The molecule has 5 heteroatoms. The van der Waals surface area contributed by atoms with Crippen molar-refractivity contribution >= 4 is 16.7 Å². The molecule has 1 saturated carbocycles. The van der Waals surface area contributed by atoms with Gasteiger partial charge in [-0.1, -0.05) is 13.8 Å². The van der Waals surface area contributed by atoms with E-state index in [0.717, 1.165) is 37.1 Å². The highest BCUT2D eigenvalue weighted by molar-refractivity contribution is 7.09. The molecule has 0 bridgehead atoms. The molecule has 0 atom stereocenters. The molecular weight excluding hydrogens is 234 g/mol. The summed E-state index contributed by atoms with van der Waals surface area (Å²) in [6.45, 7) is 6.83. The first-order valence-electron chi connectivity index (χ1n) is 6.41. The SMILES string of the molecule is CC(C)CCOCCNc1nc(C2CC2)ns1. The predicted molar refractivity (Wildman–Crippen MR) is 70.6 cm³/mol. The number of ether oxygens (including phenoxy) is 1. The van der Waals surface area contributed by atoms with Crippen LogP contribution in [0.2, 0.25) is 0 Å². The first kappa shape index (κ1) is 12.8. The van der Waals surface area contributed by atoms with Crippen molar-refractivity contribution < 1.29 is 4.74 Å². The molecule has 1 heterocycles. The van der Waals surface area contributed by atoms with Crippen molar-refractivity contribution in [3.05, 3.63) is 5.82 Å². The van der Waals surface area contributed by atoms with Gasteiger partial charge in [0, 0.05) is 30.6 Å². The van der Waals surface area contributed by atoms with Crippen LogP contribution in [0.1, 0.15) is 44.9 Å². The zero-order valence-electron chi connectivity index (χ0n) is 10.6. The van der Waals surface area contributed by atoms with E-state index >= 15 is 0 Å². The Bertz CT molecular complexity index is 336. The van der Waals surface area contributed by atoms with Crippen LogP contribution in [0.4, 0.5) is 5.13 Å². The molecule has 0 spiro atoms. The van der Waals surface area contributed by atoms with Crippen LogP contribution in [0.25, 0.3) is 0 Å². The second-order valence-corrected chi connectivity index (χ2v) is 5.71. The van der Waals surface area contributed by atoms with Crippen LogP contribution < -0.4 is 5.32 Å². The van der Waals surface area contributed by atoms with E-state index in [2.05, 4.69) is 28.5 Å². The summed E-state index contributed by atoms with van der Waals surface area (Å²) in [5.41, 5.74) is 0. The van der Waals surface area contributed by atoms with Crippen LogP contribution in [0, 0.1) is 5.92 Å². The molecule has 0 aliphatic heterocycles. The number of anilines is 1. The molecule has 0 aromatic carbocycles. The minimum atomic E-state index is 0.643. The maximum absolute atomic E-state index is 5.53. The smallest absolute Gasteiger partial charge is 0.202 e. The first-order chi connectivity index (χ1) is 8.25. The van der Waals surface area contributed by atoms with Gasteiger partial charge in [0.05, 0.1) is 6.61 Å². The quantitative estimate of drug-likeness (QED) is 0.726. The van der Waals surface area contributed by atoms with Crippen LogP contribution >= 0.6 is 11.5 Å². The molecule has 0 amide bonds. The summed E-state index contributed by atoms with van der Waals surface area (Å²) in [7, 11) is 0. The Morgan fingerprint density at radius 3 is 2.94 bits per heavy atom. The molecule has 1 aliphatic carbocycles. The molecule has 0 saturated heterocycles. The molecule has 96 valence electrons. The Hall–Kier alpha value is -0.680. The lowest BCUT2D eigenvalue weighted by Gasteiger charge is -2.06. The molecule has 2 rings (SSSR count). The van der Waals surface area contributed by atoms with Gasteiger partial charge in [0.15, 0.2) is 0 Å². The number of hydrogen-bond donors (Lipinski definition) is 1. The standard InChI is InChI=1S/C12H21N3OS/c1-9(2)5-7-16-8-6-13-12-14-11(15-17-12)10-3-4-10/h9-10H,3-8H2,1-2H3,(H,13,14,15). The minimum Gasteiger partial charge on any atom is -0.380 e. The Balaban J connectivity index is 1.55. The van der Waals surface area contributed by atoms with Crippen LogP contribution in [0.5, 0.6) is 0 Å². The van der Waals surface area contributed by atoms with Gasteiger partial charge in [0.2, 0.25) is 5.13 Å². The van der Waals surface area contributed by atoms with E-state index in [1.165, 1.54) is 24.4 Å². The number of nitrogens with one attached hydrogen (secondary N) is 1. The second-order valence-electron chi connectivity index (χ2n) is 4.95. The van der Waals surface area contributed by atoms with E-state index in [9.17, 15) is 0 Å². The van der Waals surface area contributed by atoms with Crippen molar-refractivity contribution in [1.82, 2.24) is 9.36 Å². The summed E-state index contributed by atoms with van der Waals surface area (Å²) >= 11 is 1.46. The number of hydrogen-bond acceptors (Lipinski definition) is 5. The van der Waals surface area contributed by atoms with Crippen molar-refractivity contribution in [3.63, 3.8) is 0 Å². The van der Waals surface area contributed by atoms with E-state index in [4.69, 9.17) is 4.74 Å². The topological polar surface area (TPSA) is 47.0 Å². The van der Waals surface area contributed by atoms with Gasteiger partial charge in [-0.2, -0.15) is 4.37 Å². The fourth-order valence-corrected chi connectivity index (χ4v) is 2.14. The lowest BCUT2D eigenvalue weighted by Crippen LogP contribution is -2.10. The molecule has 1 aromatic rings. The Kier molecular flexibility index (Phi) is 4.74. The summed E-state index contributed by atoms with van der Waals surface area (Å²) in [5, 5.41) is 4.19. The molecule has 4 nitrogen and oxygen atoms in total. The predicted octanol–water partition coefficient (Wildman–Crippen LogP) is 2.89.